The molecule has 3 nitrogen and oxygen atoms in total. The fourth-order valence-electron chi connectivity index (χ4n) is 1.73. The molecule has 0 fully saturated rings. The molecule has 1 aromatic rings. The Morgan fingerprint density at radius 3 is 2.76 bits per heavy atom. The highest BCUT2D eigenvalue weighted by Crippen LogP contribution is 2.32. The second kappa shape index (κ2) is 6.36. The average Bonchev–Trinajstić information content (AvgIpc) is 2.31. The Morgan fingerprint density at radius 1 is 1.47 bits per heavy atom. The Bertz CT molecular complexity index is 426. The molecule has 1 rings (SSSR count). The highest BCUT2D eigenvalue weighted by atomic mass is 35.5. The Morgan fingerprint density at radius 2 is 2.18 bits per heavy atom. The summed E-state index contributed by atoms with van der Waals surface area (Å²) in [6.07, 6.45) is 1.43. The minimum absolute atomic E-state index is 0.577. The molecule has 0 bridgehead atoms. The summed E-state index contributed by atoms with van der Waals surface area (Å²) in [4.78, 5) is 2.11. The van der Waals surface area contributed by atoms with Crippen LogP contribution in [0, 0.1) is 18.3 Å². The van der Waals surface area contributed by atoms with Gasteiger partial charge in [-0.3, -0.25) is 0 Å². The molecule has 0 amide bonds. The molecule has 4 heteroatoms. The highest BCUT2D eigenvalue weighted by Gasteiger charge is 2.09. The summed E-state index contributed by atoms with van der Waals surface area (Å²) in [5.41, 5.74) is 2.19. The zero-order chi connectivity index (χ0) is 12.8. The van der Waals surface area contributed by atoms with Crippen molar-refractivity contribution in [2.45, 2.75) is 19.8 Å². The standard InChI is InChI=1S/C13H17ClN2O/c1-10-8-13(17-3)11(14)9-12(10)16(2)7-5-4-6-15/h8-9H,4-5,7H2,1-3H3. The van der Waals surface area contributed by atoms with Crippen molar-refractivity contribution in [1.29, 1.82) is 5.26 Å². The number of hydrogen-bond acceptors (Lipinski definition) is 3. The van der Waals surface area contributed by atoms with E-state index < -0.39 is 0 Å². The maximum absolute atomic E-state index is 8.51. The summed E-state index contributed by atoms with van der Waals surface area (Å²) < 4.78 is 5.17. The molecule has 0 unspecified atom stereocenters. The molecule has 0 saturated heterocycles. The van der Waals surface area contributed by atoms with E-state index in [4.69, 9.17) is 21.6 Å². The van der Waals surface area contributed by atoms with E-state index in [9.17, 15) is 0 Å². The molecule has 0 aliphatic heterocycles. The van der Waals surface area contributed by atoms with Gasteiger partial charge in [0, 0.05) is 25.7 Å². The van der Waals surface area contributed by atoms with Crippen molar-refractivity contribution < 1.29 is 4.74 Å². The van der Waals surface area contributed by atoms with Crippen molar-refractivity contribution in [2.24, 2.45) is 0 Å². The number of nitriles is 1. The molecule has 0 spiro atoms. The summed E-state index contributed by atoms with van der Waals surface area (Å²) in [6.45, 7) is 2.87. The van der Waals surface area contributed by atoms with Crippen LogP contribution in [0.25, 0.3) is 0 Å². The topological polar surface area (TPSA) is 36.3 Å². The Hall–Kier alpha value is -1.40. The monoisotopic (exact) mass is 252 g/mol. The first-order valence-corrected chi connectivity index (χ1v) is 5.90. The van der Waals surface area contributed by atoms with E-state index in [2.05, 4.69) is 11.0 Å². The number of nitrogens with zero attached hydrogens (tertiary/aromatic N) is 2. The van der Waals surface area contributed by atoms with Gasteiger partial charge in [-0.2, -0.15) is 5.26 Å². The molecule has 0 aliphatic carbocycles. The van der Waals surface area contributed by atoms with Crippen molar-refractivity contribution in [1.82, 2.24) is 0 Å². The van der Waals surface area contributed by atoms with E-state index in [1.54, 1.807) is 7.11 Å². The molecule has 0 heterocycles. The third kappa shape index (κ3) is 3.54. The van der Waals surface area contributed by atoms with Gasteiger partial charge in [0.05, 0.1) is 18.2 Å². The summed E-state index contributed by atoms with van der Waals surface area (Å²) in [7, 11) is 3.61. The Labute approximate surface area is 108 Å². The smallest absolute Gasteiger partial charge is 0.137 e. The maximum atomic E-state index is 8.51. The Kier molecular flexibility index (Phi) is 5.11. The molecule has 1 aromatic carbocycles. The van der Waals surface area contributed by atoms with Crippen molar-refractivity contribution >= 4 is 17.3 Å². The first-order chi connectivity index (χ1) is 8.10. The number of aryl methyl sites for hydroxylation is 1. The lowest BCUT2D eigenvalue weighted by Crippen LogP contribution is -2.19. The van der Waals surface area contributed by atoms with Crippen LogP contribution in [0.1, 0.15) is 18.4 Å². The zero-order valence-electron chi connectivity index (χ0n) is 10.5. The van der Waals surface area contributed by atoms with Crippen LogP contribution < -0.4 is 9.64 Å². The van der Waals surface area contributed by atoms with E-state index in [0.717, 1.165) is 24.2 Å². The Balaban J connectivity index is 2.83. The molecule has 0 atom stereocenters. The fourth-order valence-corrected chi connectivity index (χ4v) is 1.96. The van der Waals surface area contributed by atoms with Crippen LogP contribution in [0.3, 0.4) is 0 Å². The van der Waals surface area contributed by atoms with Crippen LogP contribution >= 0.6 is 11.6 Å². The van der Waals surface area contributed by atoms with E-state index in [1.807, 2.05) is 26.1 Å². The maximum Gasteiger partial charge on any atom is 0.137 e. The molecule has 0 aromatic heterocycles. The summed E-state index contributed by atoms with van der Waals surface area (Å²) in [5.74, 6) is 0.693. The van der Waals surface area contributed by atoms with E-state index in [1.165, 1.54) is 0 Å². The van der Waals surface area contributed by atoms with Crippen molar-refractivity contribution in [2.75, 3.05) is 25.6 Å². The van der Waals surface area contributed by atoms with Gasteiger partial charge in [-0.25, -0.2) is 0 Å². The SMILES string of the molecule is COc1cc(C)c(N(C)CCCC#N)cc1Cl. The third-order valence-corrected chi connectivity index (χ3v) is 2.96. The van der Waals surface area contributed by atoms with Crippen LogP contribution in [-0.2, 0) is 0 Å². The number of ether oxygens (including phenoxy) is 1. The second-order valence-electron chi connectivity index (χ2n) is 3.96. The third-order valence-electron chi connectivity index (χ3n) is 2.66. The van der Waals surface area contributed by atoms with Gasteiger partial charge in [0.2, 0.25) is 0 Å². The number of methoxy groups -OCH3 is 1. The first kappa shape index (κ1) is 13.7. The molecular weight excluding hydrogens is 236 g/mol. The lowest BCUT2D eigenvalue weighted by atomic mass is 10.1. The zero-order valence-corrected chi connectivity index (χ0v) is 11.2. The van der Waals surface area contributed by atoms with Gasteiger partial charge in [-0.15, -0.1) is 0 Å². The van der Waals surface area contributed by atoms with Crippen LogP contribution in [0.15, 0.2) is 12.1 Å². The van der Waals surface area contributed by atoms with Crippen molar-refractivity contribution in [3.8, 4) is 11.8 Å². The van der Waals surface area contributed by atoms with E-state index >= 15 is 0 Å². The van der Waals surface area contributed by atoms with Gasteiger partial charge in [0.1, 0.15) is 5.75 Å². The number of rotatable bonds is 5. The van der Waals surface area contributed by atoms with Crippen molar-refractivity contribution in [3.63, 3.8) is 0 Å². The predicted octanol–water partition coefficient (Wildman–Crippen LogP) is 3.40. The minimum Gasteiger partial charge on any atom is -0.495 e. The molecule has 0 N–H and O–H groups in total. The van der Waals surface area contributed by atoms with Gasteiger partial charge in [-0.05, 0) is 31.0 Å². The molecular formula is C13H17ClN2O. The normalized spacial score (nSPS) is 9.82. The van der Waals surface area contributed by atoms with Crippen LogP contribution in [0.4, 0.5) is 5.69 Å². The van der Waals surface area contributed by atoms with Gasteiger partial charge in [-0.1, -0.05) is 11.6 Å². The summed E-state index contributed by atoms with van der Waals surface area (Å²) >= 11 is 6.10. The number of halogens is 1. The van der Waals surface area contributed by atoms with Crippen LogP contribution in [0.2, 0.25) is 5.02 Å². The fraction of sp³-hybridized carbons (Fsp3) is 0.462. The quantitative estimate of drug-likeness (QED) is 0.754. The first-order valence-electron chi connectivity index (χ1n) is 5.52. The highest BCUT2D eigenvalue weighted by molar-refractivity contribution is 6.32. The van der Waals surface area contributed by atoms with Crippen molar-refractivity contribution in [3.05, 3.63) is 22.7 Å². The van der Waals surface area contributed by atoms with Gasteiger partial charge in [0.25, 0.3) is 0 Å². The summed E-state index contributed by atoms with van der Waals surface area (Å²) in [5, 5.41) is 9.12. The molecule has 92 valence electrons. The van der Waals surface area contributed by atoms with Crippen LogP contribution in [0.5, 0.6) is 5.75 Å². The lowest BCUT2D eigenvalue weighted by molar-refractivity contribution is 0.414. The van der Waals surface area contributed by atoms with E-state index in [-0.39, 0.29) is 0 Å². The summed E-state index contributed by atoms with van der Waals surface area (Å²) in [6, 6.07) is 5.98. The molecule has 17 heavy (non-hydrogen) atoms. The predicted molar refractivity (Wildman–Crippen MR) is 70.9 cm³/mol. The molecule has 0 saturated carbocycles. The largest absolute Gasteiger partial charge is 0.495 e. The second-order valence-corrected chi connectivity index (χ2v) is 4.36. The van der Waals surface area contributed by atoms with Gasteiger partial charge < -0.3 is 9.64 Å². The van der Waals surface area contributed by atoms with E-state index in [0.29, 0.717) is 17.2 Å². The number of unbranched alkanes of at least 4 members (excludes halogenated alkanes) is 1. The van der Waals surface area contributed by atoms with Gasteiger partial charge >= 0.3 is 0 Å². The number of benzene rings is 1. The molecule has 0 radical (unpaired) electrons. The van der Waals surface area contributed by atoms with Crippen LogP contribution in [-0.4, -0.2) is 20.7 Å². The van der Waals surface area contributed by atoms with Gasteiger partial charge in [0.15, 0.2) is 0 Å². The number of anilines is 1. The lowest BCUT2D eigenvalue weighted by Gasteiger charge is -2.22. The molecule has 0 aliphatic rings. The minimum atomic E-state index is 0.577. The average molecular weight is 253 g/mol. The number of hydrogen-bond donors (Lipinski definition) is 0.